The van der Waals surface area contributed by atoms with Crippen molar-refractivity contribution in [3.63, 3.8) is 0 Å². The van der Waals surface area contributed by atoms with E-state index in [2.05, 4.69) is 32.4 Å². The molecule has 0 amide bonds. The summed E-state index contributed by atoms with van der Waals surface area (Å²) in [6, 6.07) is 0. The lowest BCUT2D eigenvalue weighted by atomic mass is 9.83. The smallest absolute Gasteiger partial charge is 0.0172 e. The van der Waals surface area contributed by atoms with Crippen LogP contribution in [0.5, 0.6) is 0 Å². The zero-order valence-corrected chi connectivity index (χ0v) is 5.65. The van der Waals surface area contributed by atoms with Gasteiger partial charge in [0, 0.05) is 0 Å². The molecule has 0 N–H and O–H groups in total. The van der Waals surface area contributed by atoms with Crippen molar-refractivity contribution < 1.29 is 0 Å². The van der Waals surface area contributed by atoms with Crippen LogP contribution in [0.2, 0.25) is 0 Å². The summed E-state index contributed by atoms with van der Waals surface area (Å²) >= 11 is 0. The minimum Gasteiger partial charge on any atom is -0.0877 e. The molecule has 0 aromatic rings. The fraction of sp³-hybridized carbons (Fsp3) is 0.625. The summed E-state index contributed by atoms with van der Waals surface area (Å²) in [5.74, 6) is 0. The van der Waals surface area contributed by atoms with Gasteiger partial charge < -0.3 is 0 Å². The molecule has 0 heterocycles. The third-order valence-corrected chi connectivity index (χ3v) is 1.54. The van der Waals surface area contributed by atoms with Crippen molar-refractivity contribution in [3.8, 4) is 0 Å². The summed E-state index contributed by atoms with van der Waals surface area (Å²) in [6.45, 7) is 4.53. The molecule has 1 rings (SSSR count). The predicted octanol–water partition coefficient (Wildman–Crippen LogP) is 2.57. The van der Waals surface area contributed by atoms with Crippen molar-refractivity contribution in [2.75, 3.05) is 0 Å². The average molecular weight is 109 g/mol. The van der Waals surface area contributed by atoms with Crippen LogP contribution >= 0.6 is 0 Å². The van der Waals surface area contributed by atoms with Crippen molar-refractivity contribution in [2.24, 2.45) is 5.41 Å². The first-order valence-electron chi connectivity index (χ1n) is 3.20. The summed E-state index contributed by atoms with van der Waals surface area (Å²) < 4.78 is 0. The molecule has 0 fully saturated rings. The number of hydrogen-bond acceptors (Lipinski definition) is 0. The van der Waals surface area contributed by atoms with Gasteiger partial charge >= 0.3 is 0 Å². The zero-order chi connectivity index (χ0) is 6.04. The van der Waals surface area contributed by atoms with Crippen LogP contribution in [0.4, 0.5) is 0 Å². The molecule has 45 valence electrons. The Balaban J connectivity index is 2.56. The van der Waals surface area contributed by atoms with Crippen LogP contribution in [0, 0.1) is 11.8 Å². The normalized spacial score (nSPS) is 25.8. The Morgan fingerprint density at radius 3 is 2.38 bits per heavy atom. The molecule has 0 nitrogen and oxygen atoms in total. The van der Waals surface area contributed by atoms with Crippen molar-refractivity contribution in [1.82, 2.24) is 0 Å². The topological polar surface area (TPSA) is 0 Å². The van der Waals surface area contributed by atoms with Gasteiger partial charge in [0.25, 0.3) is 0 Å². The van der Waals surface area contributed by atoms with Gasteiger partial charge in [-0.3, -0.25) is 0 Å². The first-order valence-corrected chi connectivity index (χ1v) is 3.20. The van der Waals surface area contributed by atoms with E-state index in [1.165, 1.54) is 12.8 Å². The van der Waals surface area contributed by atoms with Crippen LogP contribution in [0.3, 0.4) is 0 Å². The second-order valence-corrected chi connectivity index (χ2v) is 3.12. The van der Waals surface area contributed by atoms with Gasteiger partial charge in [0.2, 0.25) is 0 Å². The molecule has 0 aromatic carbocycles. The standard InChI is InChI=1S/C8H13/c1-8(2)6-4-3-5-7-8/h4-6H,3,7H2,1-2H3. The summed E-state index contributed by atoms with van der Waals surface area (Å²) in [6.07, 6.45) is 9.28. The highest BCUT2D eigenvalue weighted by atomic mass is 14.2. The Bertz CT molecular complexity index is 98.6. The molecular formula is C8H13. The molecule has 0 bridgehead atoms. The Labute approximate surface area is 51.6 Å². The lowest BCUT2D eigenvalue weighted by molar-refractivity contribution is 0.455. The fourth-order valence-corrected chi connectivity index (χ4v) is 1.01. The summed E-state index contributed by atoms with van der Waals surface area (Å²) in [5, 5.41) is 0. The quantitative estimate of drug-likeness (QED) is 0.419. The van der Waals surface area contributed by atoms with Gasteiger partial charge in [0.15, 0.2) is 0 Å². The van der Waals surface area contributed by atoms with E-state index in [9.17, 15) is 0 Å². The van der Waals surface area contributed by atoms with Crippen molar-refractivity contribution >= 4 is 0 Å². The molecular weight excluding hydrogens is 96.1 g/mol. The van der Waals surface area contributed by atoms with E-state index >= 15 is 0 Å². The molecule has 1 aliphatic rings. The maximum atomic E-state index is 2.33. The number of hydrogen-bond donors (Lipinski definition) is 0. The molecule has 1 radical (unpaired) electrons. The monoisotopic (exact) mass is 109 g/mol. The predicted molar refractivity (Wildman–Crippen MR) is 36.5 cm³/mol. The molecule has 0 saturated carbocycles. The van der Waals surface area contributed by atoms with Gasteiger partial charge in [-0.05, 0) is 24.7 Å². The van der Waals surface area contributed by atoms with Crippen LogP contribution in [0.1, 0.15) is 26.7 Å². The first-order chi connectivity index (χ1) is 3.71. The van der Waals surface area contributed by atoms with E-state index in [1.54, 1.807) is 0 Å². The van der Waals surface area contributed by atoms with Crippen LogP contribution in [-0.2, 0) is 0 Å². The van der Waals surface area contributed by atoms with Gasteiger partial charge in [-0.1, -0.05) is 26.0 Å². The molecule has 0 aromatic heterocycles. The molecule has 0 saturated heterocycles. The third kappa shape index (κ3) is 1.36. The van der Waals surface area contributed by atoms with E-state index in [0.717, 1.165) is 0 Å². The van der Waals surface area contributed by atoms with E-state index in [-0.39, 0.29) is 0 Å². The summed E-state index contributed by atoms with van der Waals surface area (Å²) in [5.41, 5.74) is 0.443. The second-order valence-electron chi connectivity index (χ2n) is 3.12. The van der Waals surface area contributed by atoms with E-state index < -0.39 is 0 Å². The first kappa shape index (κ1) is 5.87. The fourth-order valence-electron chi connectivity index (χ4n) is 1.01. The maximum Gasteiger partial charge on any atom is -0.0172 e. The Morgan fingerprint density at radius 2 is 2.12 bits per heavy atom. The molecule has 0 aliphatic heterocycles. The highest BCUT2D eigenvalue weighted by molar-refractivity contribution is 5.04. The van der Waals surface area contributed by atoms with Gasteiger partial charge in [-0.2, -0.15) is 0 Å². The van der Waals surface area contributed by atoms with E-state index in [0.29, 0.717) is 5.41 Å². The maximum absolute atomic E-state index is 2.33. The Morgan fingerprint density at radius 1 is 1.38 bits per heavy atom. The van der Waals surface area contributed by atoms with Gasteiger partial charge in [0.05, 0.1) is 0 Å². The van der Waals surface area contributed by atoms with Crippen molar-refractivity contribution in [1.29, 1.82) is 0 Å². The largest absolute Gasteiger partial charge is 0.0877 e. The van der Waals surface area contributed by atoms with Gasteiger partial charge in [0.1, 0.15) is 0 Å². The molecule has 0 spiro atoms. The zero-order valence-electron chi connectivity index (χ0n) is 5.65. The minimum absolute atomic E-state index is 0.443. The van der Waals surface area contributed by atoms with Crippen molar-refractivity contribution in [3.05, 3.63) is 18.6 Å². The Kier molecular flexibility index (Phi) is 1.41. The number of rotatable bonds is 0. The van der Waals surface area contributed by atoms with E-state index in [4.69, 9.17) is 0 Å². The highest BCUT2D eigenvalue weighted by Gasteiger charge is 2.14. The molecule has 1 aliphatic carbocycles. The van der Waals surface area contributed by atoms with Crippen LogP contribution in [0.15, 0.2) is 12.2 Å². The minimum atomic E-state index is 0.443. The third-order valence-electron chi connectivity index (χ3n) is 1.54. The second kappa shape index (κ2) is 1.93. The van der Waals surface area contributed by atoms with Gasteiger partial charge in [-0.15, -0.1) is 0 Å². The lowest BCUT2D eigenvalue weighted by Gasteiger charge is -2.22. The van der Waals surface area contributed by atoms with Crippen molar-refractivity contribution in [2.45, 2.75) is 26.7 Å². The van der Waals surface area contributed by atoms with Crippen LogP contribution in [0.25, 0.3) is 0 Å². The molecule has 0 unspecified atom stereocenters. The van der Waals surface area contributed by atoms with Crippen LogP contribution < -0.4 is 0 Å². The Hall–Kier alpha value is -0.260. The lowest BCUT2D eigenvalue weighted by Crippen LogP contribution is -2.09. The van der Waals surface area contributed by atoms with Crippen LogP contribution in [-0.4, -0.2) is 0 Å². The summed E-state index contributed by atoms with van der Waals surface area (Å²) in [4.78, 5) is 0. The SMILES string of the molecule is CC1(C)C=CC[CH]C1. The molecule has 8 heavy (non-hydrogen) atoms. The number of allylic oxidation sites excluding steroid dienone is 2. The summed E-state index contributed by atoms with van der Waals surface area (Å²) in [7, 11) is 0. The average Bonchev–Trinajstić information content (AvgIpc) is 1.65. The highest BCUT2D eigenvalue weighted by Crippen LogP contribution is 2.28. The van der Waals surface area contributed by atoms with E-state index in [1.807, 2.05) is 0 Å². The molecule has 0 atom stereocenters. The van der Waals surface area contributed by atoms with Gasteiger partial charge in [-0.25, -0.2) is 0 Å². The molecule has 0 heteroatoms.